The third-order valence-corrected chi connectivity index (χ3v) is 0.793. The van der Waals surface area contributed by atoms with E-state index in [4.69, 9.17) is 0 Å². The summed E-state index contributed by atoms with van der Waals surface area (Å²) in [6.07, 6.45) is 2.41. The Balaban J connectivity index is 0. The first-order valence-corrected chi connectivity index (χ1v) is 3.27. The van der Waals surface area contributed by atoms with Gasteiger partial charge in [0.25, 0.3) is 0 Å². The third kappa shape index (κ3) is 8.68. The fourth-order valence-electron chi connectivity index (χ4n) is 0.417. The highest BCUT2D eigenvalue weighted by atomic mass is 16.5. The van der Waals surface area contributed by atoms with Crippen molar-refractivity contribution < 1.29 is 14.3 Å². The zero-order valence-corrected chi connectivity index (χ0v) is 6.59. The van der Waals surface area contributed by atoms with Crippen molar-refractivity contribution >= 4 is 11.9 Å². The van der Waals surface area contributed by atoms with Crippen molar-refractivity contribution in [2.75, 3.05) is 6.61 Å². The molecule has 1 N–H and O–H groups in total. The monoisotopic (exact) mass is 173 g/mol. The lowest BCUT2D eigenvalue weighted by atomic mass is 10.6. The number of hydrogen-bond donors (Lipinski definition) is 1. The van der Waals surface area contributed by atoms with Crippen LogP contribution in [-0.4, -0.2) is 18.5 Å². The van der Waals surface area contributed by atoms with Gasteiger partial charge in [0.1, 0.15) is 0 Å². The van der Waals surface area contributed by atoms with Gasteiger partial charge >= 0.3 is 5.97 Å². The van der Waals surface area contributed by atoms with Gasteiger partial charge in [-0.3, -0.25) is 4.79 Å². The lowest BCUT2D eigenvalue weighted by molar-refractivity contribution is -0.137. The molecule has 0 aromatic rings. The summed E-state index contributed by atoms with van der Waals surface area (Å²) >= 11 is 0. The van der Waals surface area contributed by atoms with E-state index in [1.165, 1.54) is 13.1 Å². The summed E-state index contributed by atoms with van der Waals surface area (Å²) in [5, 5.41) is 2.31. The van der Waals surface area contributed by atoms with E-state index in [1.54, 1.807) is 6.92 Å². The SMILES string of the molecule is C.CCOC(=O)/C=C/NC(C)=O. The van der Waals surface area contributed by atoms with Gasteiger partial charge in [0, 0.05) is 19.2 Å². The second kappa shape index (κ2) is 7.78. The zero-order chi connectivity index (χ0) is 8.69. The molecule has 4 nitrogen and oxygen atoms in total. The highest BCUT2D eigenvalue weighted by Gasteiger charge is 1.91. The van der Waals surface area contributed by atoms with Crippen molar-refractivity contribution in [1.29, 1.82) is 0 Å². The molecule has 0 spiro atoms. The van der Waals surface area contributed by atoms with Crippen LogP contribution >= 0.6 is 0 Å². The maximum atomic E-state index is 10.6. The van der Waals surface area contributed by atoms with Crippen LogP contribution in [0, 0.1) is 0 Å². The summed E-state index contributed by atoms with van der Waals surface area (Å²) in [5.41, 5.74) is 0. The van der Waals surface area contributed by atoms with Gasteiger partial charge in [0.05, 0.1) is 6.61 Å². The van der Waals surface area contributed by atoms with Gasteiger partial charge in [-0.2, -0.15) is 0 Å². The van der Waals surface area contributed by atoms with Crippen LogP contribution in [0.3, 0.4) is 0 Å². The van der Waals surface area contributed by atoms with E-state index in [0.29, 0.717) is 6.61 Å². The minimum atomic E-state index is -0.457. The minimum absolute atomic E-state index is 0. The number of hydrogen-bond acceptors (Lipinski definition) is 3. The van der Waals surface area contributed by atoms with Gasteiger partial charge in [-0.25, -0.2) is 4.79 Å². The first kappa shape index (κ1) is 13.3. The van der Waals surface area contributed by atoms with E-state index in [1.807, 2.05) is 0 Å². The summed E-state index contributed by atoms with van der Waals surface area (Å²) in [6, 6.07) is 0. The highest BCUT2D eigenvalue weighted by Crippen LogP contribution is 1.78. The molecule has 0 unspecified atom stereocenters. The molecule has 0 fully saturated rings. The van der Waals surface area contributed by atoms with Crippen molar-refractivity contribution in [3.05, 3.63) is 12.3 Å². The van der Waals surface area contributed by atoms with E-state index in [0.717, 1.165) is 6.08 Å². The smallest absolute Gasteiger partial charge is 0.332 e. The van der Waals surface area contributed by atoms with Crippen LogP contribution in [-0.2, 0) is 14.3 Å². The normalized spacial score (nSPS) is 8.83. The molecule has 0 aliphatic carbocycles. The van der Waals surface area contributed by atoms with Crippen LogP contribution in [0.15, 0.2) is 12.3 Å². The predicted molar refractivity (Wildman–Crippen MR) is 46.3 cm³/mol. The molecular formula is C8H15NO3. The Morgan fingerprint density at radius 3 is 2.50 bits per heavy atom. The summed E-state index contributed by atoms with van der Waals surface area (Å²) in [4.78, 5) is 20.8. The summed E-state index contributed by atoms with van der Waals surface area (Å²) in [7, 11) is 0. The summed E-state index contributed by atoms with van der Waals surface area (Å²) in [6.45, 7) is 3.41. The van der Waals surface area contributed by atoms with Gasteiger partial charge < -0.3 is 10.1 Å². The quantitative estimate of drug-likeness (QED) is 0.508. The molecule has 70 valence electrons. The Bertz CT molecular complexity index is 175. The standard InChI is InChI=1S/C7H11NO3.CH4/c1-3-11-7(10)4-5-8-6(2)9;/h4-5H,3H2,1-2H3,(H,8,9);1H4/b5-4+;. The van der Waals surface area contributed by atoms with Gasteiger partial charge in [-0.1, -0.05) is 7.43 Å². The topological polar surface area (TPSA) is 55.4 Å². The second-order valence-electron chi connectivity index (χ2n) is 1.79. The number of nitrogens with one attached hydrogen (secondary N) is 1. The molecular weight excluding hydrogens is 158 g/mol. The Kier molecular flexibility index (Phi) is 8.62. The lowest BCUT2D eigenvalue weighted by Crippen LogP contribution is -2.12. The summed E-state index contributed by atoms with van der Waals surface area (Å²) in [5.74, 6) is -0.674. The van der Waals surface area contributed by atoms with Crippen LogP contribution in [0.5, 0.6) is 0 Å². The molecule has 0 radical (unpaired) electrons. The Morgan fingerprint density at radius 2 is 2.08 bits per heavy atom. The minimum Gasteiger partial charge on any atom is -0.463 e. The molecule has 12 heavy (non-hydrogen) atoms. The van der Waals surface area contributed by atoms with Crippen LogP contribution in [0.25, 0.3) is 0 Å². The number of rotatable bonds is 3. The maximum Gasteiger partial charge on any atom is 0.332 e. The second-order valence-corrected chi connectivity index (χ2v) is 1.79. The molecule has 4 heteroatoms. The van der Waals surface area contributed by atoms with E-state index < -0.39 is 5.97 Å². The van der Waals surface area contributed by atoms with Crippen molar-refractivity contribution in [2.24, 2.45) is 0 Å². The zero-order valence-electron chi connectivity index (χ0n) is 6.59. The van der Waals surface area contributed by atoms with Crippen LogP contribution < -0.4 is 5.32 Å². The van der Waals surface area contributed by atoms with Crippen LogP contribution in [0.1, 0.15) is 21.3 Å². The molecule has 0 saturated heterocycles. The molecule has 0 aliphatic heterocycles. The molecule has 0 bridgehead atoms. The van der Waals surface area contributed by atoms with Crippen molar-refractivity contribution in [2.45, 2.75) is 21.3 Å². The van der Waals surface area contributed by atoms with E-state index in [-0.39, 0.29) is 13.3 Å². The van der Waals surface area contributed by atoms with E-state index in [2.05, 4.69) is 10.1 Å². The fourth-order valence-corrected chi connectivity index (χ4v) is 0.417. The van der Waals surface area contributed by atoms with Gasteiger partial charge in [-0.05, 0) is 6.92 Å². The average Bonchev–Trinajstić information content (AvgIpc) is 1.87. The lowest BCUT2D eigenvalue weighted by Gasteiger charge is -1.94. The van der Waals surface area contributed by atoms with Crippen molar-refractivity contribution in [3.63, 3.8) is 0 Å². The molecule has 0 aromatic heterocycles. The third-order valence-electron chi connectivity index (χ3n) is 0.793. The number of carbonyl (C=O) groups is 2. The first-order chi connectivity index (χ1) is 5.16. The highest BCUT2D eigenvalue weighted by molar-refractivity contribution is 5.83. The molecule has 0 atom stereocenters. The fraction of sp³-hybridized carbons (Fsp3) is 0.500. The van der Waals surface area contributed by atoms with E-state index >= 15 is 0 Å². The molecule has 1 amide bonds. The van der Waals surface area contributed by atoms with Crippen LogP contribution in [0.2, 0.25) is 0 Å². The van der Waals surface area contributed by atoms with E-state index in [9.17, 15) is 9.59 Å². The number of esters is 1. The largest absolute Gasteiger partial charge is 0.463 e. The van der Waals surface area contributed by atoms with Crippen molar-refractivity contribution in [1.82, 2.24) is 5.32 Å². The first-order valence-electron chi connectivity index (χ1n) is 3.27. The van der Waals surface area contributed by atoms with Gasteiger partial charge in [0.15, 0.2) is 0 Å². The Morgan fingerprint density at radius 1 is 1.50 bits per heavy atom. The number of amides is 1. The molecule has 0 aromatic carbocycles. The molecule has 0 saturated carbocycles. The Labute approximate surface area is 72.6 Å². The van der Waals surface area contributed by atoms with Crippen molar-refractivity contribution in [3.8, 4) is 0 Å². The Hall–Kier alpha value is -1.32. The predicted octanol–water partition coefficient (Wildman–Crippen LogP) is 0.835. The van der Waals surface area contributed by atoms with Gasteiger partial charge in [-0.15, -0.1) is 0 Å². The molecule has 0 rings (SSSR count). The molecule has 0 heterocycles. The summed E-state index contributed by atoms with van der Waals surface area (Å²) < 4.78 is 4.55. The molecule has 0 aliphatic rings. The number of ether oxygens (including phenoxy) is 1. The van der Waals surface area contributed by atoms with Crippen LogP contribution in [0.4, 0.5) is 0 Å². The van der Waals surface area contributed by atoms with Gasteiger partial charge in [0.2, 0.25) is 5.91 Å². The average molecular weight is 173 g/mol. The number of carbonyl (C=O) groups excluding carboxylic acids is 2. The maximum absolute atomic E-state index is 10.6.